The number of thiazole rings is 1. The SMILES string of the molecule is CC(=O)Nc1nc2ccc(S(=O)(=O)N(CC(C)C)CC(C)C)cc2s1. The van der Waals surface area contributed by atoms with E-state index in [0.29, 0.717) is 23.7 Å². The smallest absolute Gasteiger partial charge is 0.243 e. The number of nitrogens with one attached hydrogen (secondary N) is 1. The van der Waals surface area contributed by atoms with E-state index < -0.39 is 10.0 Å². The van der Waals surface area contributed by atoms with Crippen LogP contribution in [0.5, 0.6) is 0 Å². The molecule has 0 aliphatic heterocycles. The van der Waals surface area contributed by atoms with Crippen molar-refractivity contribution in [2.45, 2.75) is 39.5 Å². The van der Waals surface area contributed by atoms with Gasteiger partial charge in [-0.25, -0.2) is 13.4 Å². The lowest BCUT2D eigenvalue weighted by Gasteiger charge is -2.25. The molecule has 0 fully saturated rings. The molecule has 6 nitrogen and oxygen atoms in total. The molecule has 1 amide bonds. The third-order valence-electron chi connectivity index (χ3n) is 3.42. The Balaban J connectivity index is 2.40. The van der Waals surface area contributed by atoms with E-state index >= 15 is 0 Å². The summed E-state index contributed by atoms with van der Waals surface area (Å²) in [5, 5.41) is 3.11. The highest BCUT2D eigenvalue weighted by molar-refractivity contribution is 7.89. The van der Waals surface area contributed by atoms with E-state index in [2.05, 4.69) is 10.3 Å². The molecule has 0 atom stereocenters. The average molecular weight is 384 g/mol. The monoisotopic (exact) mass is 383 g/mol. The van der Waals surface area contributed by atoms with Crippen LogP contribution < -0.4 is 5.32 Å². The fraction of sp³-hybridized carbons (Fsp3) is 0.529. The van der Waals surface area contributed by atoms with Gasteiger partial charge in [-0.1, -0.05) is 39.0 Å². The molecule has 1 aromatic heterocycles. The van der Waals surface area contributed by atoms with Crippen molar-refractivity contribution in [3.63, 3.8) is 0 Å². The van der Waals surface area contributed by atoms with E-state index in [1.165, 1.54) is 18.3 Å². The van der Waals surface area contributed by atoms with Gasteiger partial charge in [-0.2, -0.15) is 4.31 Å². The molecule has 25 heavy (non-hydrogen) atoms. The number of amides is 1. The van der Waals surface area contributed by atoms with Crippen molar-refractivity contribution >= 4 is 42.6 Å². The van der Waals surface area contributed by atoms with Crippen LogP contribution in [0.2, 0.25) is 0 Å². The first-order valence-corrected chi connectivity index (χ1v) is 10.5. The molecule has 0 spiro atoms. The number of fused-ring (bicyclic) bond motifs is 1. The van der Waals surface area contributed by atoms with Gasteiger partial charge in [-0.3, -0.25) is 4.79 Å². The van der Waals surface area contributed by atoms with Crippen molar-refractivity contribution in [1.82, 2.24) is 9.29 Å². The first-order chi connectivity index (χ1) is 11.6. The molecule has 0 saturated carbocycles. The van der Waals surface area contributed by atoms with Crippen LogP contribution in [0.4, 0.5) is 5.13 Å². The van der Waals surface area contributed by atoms with Crippen LogP contribution in [0.3, 0.4) is 0 Å². The molecule has 8 heteroatoms. The predicted octanol–water partition coefficient (Wildman–Crippen LogP) is 3.56. The average Bonchev–Trinajstić information content (AvgIpc) is 2.85. The number of nitrogens with zero attached hydrogens (tertiary/aromatic N) is 2. The summed E-state index contributed by atoms with van der Waals surface area (Å²) in [5.74, 6) is 0.283. The summed E-state index contributed by atoms with van der Waals surface area (Å²) in [7, 11) is -3.57. The van der Waals surface area contributed by atoms with Gasteiger partial charge in [-0.15, -0.1) is 0 Å². The number of carbonyl (C=O) groups is 1. The molecule has 1 N–H and O–H groups in total. The van der Waals surface area contributed by atoms with Crippen LogP contribution >= 0.6 is 11.3 Å². The zero-order valence-electron chi connectivity index (χ0n) is 15.2. The zero-order chi connectivity index (χ0) is 18.8. The van der Waals surface area contributed by atoms with Gasteiger partial charge in [-0.05, 0) is 30.0 Å². The molecular formula is C17H25N3O3S2. The Kier molecular flexibility index (Phi) is 6.18. The minimum atomic E-state index is -3.57. The van der Waals surface area contributed by atoms with Crippen molar-refractivity contribution in [3.8, 4) is 0 Å². The fourth-order valence-electron chi connectivity index (χ4n) is 2.50. The maximum absolute atomic E-state index is 13.1. The summed E-state index contributed by atoms with van der Waals surface area (Å²) >= 11 is 1.27. The zero-order valence-corrected chi connectivity index (χ0v) is 16.9. The molecule has 0 bridgehead atoms. The van der Waals surface area contributed by atoms with E-state index in [1.54, 1.807) is 22.5 Å². The Hall–Kier alpha value is -1.51. The Labute approximate surface area is 153 Å². The second-order valence-corrected chi connectivity index (χ2v) is 9.91. The molecule has 1 heterocycles. The molecule has 2 rings (SSSR count). The van der Waals surface area contributed by atoms with Gasteiger partial charge in [0, 0.05) is 20.0 Å². The molecular weight excluding hydrogens is 358 g/mol. The first kappa shape index (κ1) is 19.8. The summed E-state index contributed by atoms with van der Waals surface area (Å²) in [6.45, 7) is 10.4. The van der Waals surface area contributed by atoms with Crippen molar-refractivity contribution in [1.29, 1.82) is 0 Å². The van der Waals surface area contributed by atoms with E-state index in [1.807, 2.05) is 27.7 Å². The molecule has 2 aromatic rings. The highest BCUT2D eigenvalue weighted by atomic mass is 32.2. The van der Waals surface area contributed by atoms with E-state index in [-0.39, 0.29) is 22.6 Å². The standard InChI is InChI=1S/C17H25N3O3S2/c1-11(2)9-20(10-12(3)4)25(22,23)14-6-7-15-16(8-14)24-17(19-15)18-13(5)21/h6-8,11-12H,9-10H2,1-5H3,(H,18,19,21). The van der Waals surface area contributed by atoms with Crippen molar-refractivity contribution < 1.29 is 13.2 Å². The Bertz CT molecular complexity index is 847. The number of benzene rings is 1. The van der Waals surface area contributed by atoms with Gasteiger partial charge in [0.1, 0.15) is 0 Å². The number of carbonyl (C=O) groups excluding carboxylic acids is 1. The van der Waals surface area contributed by atoms with E-state index in [4.69, 9.17) is 0 Å². The van der Waals surface area contributed by atoms with Crippen molar-refractivity contribution in [2.24, 2.45) is 11.8 Å². The Morgan fingerprint density at radius 2 is 1.80 bits per heavy atom. The lowest BCUT2D eigenvalue weighted by molar-refractivity contribution is -0.114. The number of rotatable bonds is 7. The Morgan fingerprint density at radius 3 is 2.32 bits per heavy atom. The molecule has 0 aliphatic rings. The summed E-state index contributed by atoms with van der Waals surface area (Å²) < 4.78 is 28.4. The van der Waals surface area contributed by atoms with E-state index in [0.717, 1.165) is 4.70 Å². The third-order valence-corrected chi connectivity index (χ3v) is 6.18. The largest absolute Gasteiger partial charge is 0.302 e. The molecule has 138 valence electrons. The molecule has 0 saturated heterocycles. The van der Waals surface area contributed by atoms with Crippen LogP contribution in [0.25, 0.3) is 10.2 Å². The van der Waals surface area contributed by atoms with Crippen molar-refractivity contribution in [3.05, 3.63) is 18.2 Å². The number of anilines is 1. The van der Waals surface area contributed by atoms with Crippen LogP contribution in [0, 0.1) is 11.8 Å². The molecule has 1 aromatic carbocycles. The summed E-state index contributed by atoms with van der Waals surface area (Å²) in [5.41, 5.74) is 0.673. The summed E-state index contributed by atoms with van der Waals surface area (Å²) in [6.07, 6.45) is 0. The number of hydrogen-bond donors (Lipinski definition) is 1. The first-order valence-electron chi connectivity index (χ1n) is 8.28. The molecule has 0 aliphatic carbocycles. The summed E-state index contributed by atoms with van der Waals surface area (Å²) in [4.78, 5) is 15.7. The third kappa shape index (κ3) is 4.99. The topological polar surface area (TPSA) is 79.4 Å². The van der Waals surface area contributed by atoms with Crippen molar-refractivity contribution in [2.75, 3.05) is 18.4 Å². The molecule has 0 unspecified atom stereocenters. The van der Waals surface area contributed by atoms with Gasteiger partial charge in [0.05, 0.1) is 15.1 Å². The highest BCUT2D eigenvalue weighted by Gasteiger charge is 2.26. The second-order valence-electron chi connectivity index (χ2n) is 6.94. The molecule has 0 radical (unpaired) electrons. The number of hydrogen-bond acceptors (Lipinski definition) is 5. The lowest BCUT2D eigenvalue weighted by Crippen LogP contribution is -2.37. The van der Waals surface area contributed by atoms with Crippen LogP contribution in [0.1, 0.15) is 34.6 Å². The minimum Gasteiger partial charge on any atom is -0.302 e. The Morgan fingerprint density at radius 1 is 1.20 bits per heavy atom. The number of sulfonamides is 1. The van der Waals surface area contributed by atoms with Gasteiger partial charge < -0.3 is 5.32 Å². The van der Waals surface area contributed by atoms with Gasteiger partial charge in [0.25, 0.3) is 0 Å². The fourth-order valence-corrected chi connectivity index (χ4v) is 5.32. The van der Waals surface area contributed by atoms with Gasteiger partial charge in [0.2, 0.25) is 15.9 Å². The minimum absolute atomic E-state index is 0.202. The van der Waals surface area contributed by atoms with Crippen LogP contribution in [-0.4, -0.2) is 36.7 Å². The van der Waals surface area contributed by atoms with E-state index in [9.17, 15) is 13.2 Å². The lowest BCUT2D eigenvalue weighted by atomic mass is 10.2. The van der Waals surface area contributed by atoms with Crippen LogP contribution in [0.15, 0.2) is 23.1 Å². The predicted molar refractivity (Wildman–Crippen MR) is 102 cm³/mol. The van der Waals surface area contributed by atoms with Gasteiger partial charge in [0.15, 0.2) is 5.13 Å². The quantitative estimate of drug-likeness (QED) is 0.793. The van der Waals surface area contributed by atoms with Crippen LogP contribution in [-0.2, 0) is 14.8 Å². The second kappa shape index (κ2) is 7.80. The summed E-state index contributed by atoms with van der Waals surface area (Å²) in [6, 6.07) is 4.91. The maximum atomic E-state index is 13.1. The highest BCUT2D eigenvalue weighted by Crippen LogP contribution is 2.29. The number of aromatic nitrogens is 1. The van der Waals surface area contributed by atoms with Gasteiger partial charge >= 0.3 is 0 Å². The normalized spacial score (nSPS) is 12.5. The maximum Gasteiger partial charge on any atom is 0.243 e.